The Labute approximate surface area is 187 Å². The average Bonchev–Trinajstić information content (AvgIpc) is 3.00. The van der Waals surface area contributed by atoms with Gasteiger partial charge in [-0.3, -0.25) is 9.48 Å². The van der Waals surface area contributed by atoms with Crippen LogP contribution in [0.2, 0.25) is 10.2 Å². The Morgan fingerprint density at radius 1 is 1.03 bits per heavy atom. The van der Waals surface area contributed by atoms with Crippen molar-refractivity contribution >= 4 is 23.2 Å². The predicted molar refractivity (Wildman–Crippen MR) is 116 cm³/mol. The van der Waals surface area contributed by atoms with E-state index in [4.69, 9.17) is 32.7 Å². The molecule has 1 aliphatic heterocycles. The molecule has 9 heteroatoms. The van der Waals surface area contributed by atoms with Crippen molar-refractivity contribution < 1.29 is 18.3 Å². The highest BCUT2D eigenvalue weighted by molar-refractivity contribution is 6.33. The van der Waals surface area contributed by atoms with E-state index in [0.717, 1.165) is 25.0 Å². The van der Waals surface area contributed by atoms with Crippen LogP contribution in [0.5, 0.6) is 17.2 Å². The van der Waals surface area contributed by atoms with Gasteiger partial charge in [-0.2, -0.15) is 0 Å². The number of fused-ring (bicyclic) bond motifs is 1. The molecule has 5 nitrogen and oxygen atoms in total. The van der Waals surface area contributed by atoms with Crippen LogP contribution in [-0.4, -0.2) is 16.0 Å². The van der Waals surface area contributed by atoms with Crippen LogP contribution in [0.1, 0.15) is 12.8 Å². The van der Waals surface area contributed by atoms with Crippen molar-refractivity contribution in [3.8, 4) is 28.4 Å². The molecule has 0 saturated carbocycles. The number of hydrogen-bond acceptors (Lipinski definition) is 3. The third-order valence-electron chi connectivity index (χ3n) is 4.94. The fourth-order valence-electron chi connectivity index (χ4n) is 3.50. The lowest BCUT2D eigenvalue weighted by molar-refractivity contribution is 0.337. The van der Waals surface area contributed by atoms with Gasteiger partial charge in [-0.05, 0) is 37.1 Å². The van der Waals surface area contributed by atoms with E-state index in [1.807, 2.05) is 0 Å². The van der Waals surface area contributed by atoms with Crippen molar-refractivity contribution in [1.82, 2.24) is 9.36 Å². The number of nitrogens with zero attached hydrogens (tertiary/aromatic N) is 2. The number of aromatic nitrogens is 2. The van der Waals surface area contributed by atoms with Gasteiger partial charge < -0.3 is 9.47 Å². The fourth-order valence-corrected chi connectivity index (χ4v) is 4.04. The third kappa shape index (κ3) is 4.07. The zero-order chi connectivity index (χ0) is 22.1. The maximum atomic E-state index is 14.8. The minimum absolute atomic E-state index is 0.0274. The van der Waals surface area contributed by atoms with Crippen molar-refractivity contribution in [2.75, 3.05) is 6.61 Å². The average molecular weight is 467 g/mol. The summed E-state index contributed by atoms with van der Waals surface area (Å²) in [5.74, 6) is -0.864. The molecule has 2 heterocycles. The highest BCUT2D eigenvalue weighted by atomic mass is 35.5. The van der Waals surface area contributed by atoms with Gasteiger partial charge in [-0.25, -0.2) is 13.5 Å². The van der Waals surface area contributed by atoms with Gasteiger partial charge >= 0.3 is 0 Å². The molecular weight excluding hydrogens is 449 g/mol. The minimum atomic E-state index is -0.706. The smallest absolute Gasteiger partial charge is 0.276 e. The lowest BCUT2D eigenvalue weighted by atomic mass is 10.1. The molecule has 0 fully saturated rings. The Balaban J connectivity index is 1.79. The van der Waals surface area contributed by atoms with E-state index in [1.165, 1.54) is 29.0 Å². The second kappa shape index (κ2) is 8.77. The molecule has 0 atom stereocenters. The SMILES string of the molecule is C=CCOc1cc(F)ccc1Oc1cc(-c2c(Cl)n3n(c2=O)CCCC3)c(F)cc1Cl. The molecule has 0 N–H and O–H groups in total. The Morgan fingerprint density at radius 2 is 1.77 bits per heavy atom. The standard InChI is InChI=1S/C22H18Cl2F2N2O3/c1-2-9-30-19-10-13(25)5-6-17(19)31-18-11-14(16(26)12-15(18)23)20-21(24)27-7-3-4-8-28(27)22(20)29/h2,5-6,10-12H,1,3-4,7-9H2. The van der Waals surface area contributed by atoms with Gasteiger partial charge in [0.15, 0.2) is 11.5 Å². The van der Waals surface area contributed by atoms with Gasteiger partial charge in [0.25, 0.3) is 5.56 Å². The summed E-state index contributed by atoms with van der Waals surface area (Å²) in [7, 11) is 0. The van der Waals surface area contributed by atoms with Crippen molar-refractivity contribution in [2.45, 2.75) is 25.9 Å². The quantitative estimate of drug-likeness (QED) is 0.415. The molecule has 1 aliphatic rings. The Kier molecular flexibility index (Phi) is 6.07. The van der Waals surface area contributed by atoms with Crippen molar-refractivity contribution in [1.29, 1.82) is 0 Å². The first-order chi connectivity index (χ1) is 14.9. The molecule has 162 valence electrons. The highest BCUT2D eigenvalue weighted by Crippen LogP contribution is 2.40. The molecule has 0 saturated heterocycles. The molecule has 0 radical (unpaired) electrons. The topological polar surface area (TPSA) is 45.4 Å². The molecule has 0 bridgehead atoms. The molecule has 3 aromatic rings. The summed E-state index contributed by atoms with van der Waals surface area (Å²) in [5, 5.41) is 0.133. The summed E-state index contributed by atoms with van der Waals surface area (Å²) < 4.78 is 42.9. The van der Waals surface area contributed by atoms with Crippen LogP contribution >= 0.6 is 23.2 Å². The monoisotopic (exact) mass is 466 g/mol. The zero-order valence-corrected chi connectivity index (χ0v) is 17.8. The molecule has 1 aromatic heterocycles. The Hall–Kier alpha value is -2.77. The van der Waals surface area contributed by atoms with Gasteiger partial charge in [-0.1, -0.05) is 35.9 Å². The van der Waals surface area contributed by atoms with Gasteiger partial charge in [-0.15, -0.1) is 0 Å². The zero-order valence-electron chi connectivity index (χ0n) is 16.3. The lowest BCUT2D eigenvalue weighted by Crippen LogP contribution is -2.27. The number of benzene rings is 2. The van der Waals surface area contributed by atoms with Crippen LogP contribution < -0.4 is 15.0 Å². The van der Waals surface area contributed by atoms with Crippen LogP contribution in [-0.2, 0) is 13.1 Å². The third-order valence-corrected chi connectivity index (χ3v) is 5.62. The largest absolute Gasteiger partial charge is 0.486 e. The van der Waals surface area contributed by atoms with Crippen LogP contribution in [0.25, 0.3) is 11.1 Å². The first-order valence-corrected chi connectivity index (χ1v) is 10.4. The van der Waals surface area contributed by atoms with Gasteiger partial charge in [0, 0.05) is 24.7 Å². The number of halogens is 4. The Bertz CT molecular complexity index is 1220. The molecule has 2 aromatic carbocycles. The summed E-state index contributed by atoms with van der Waals surface area (Å²) in [5.41, 5.74) is -0.363. The molecule has 31 heavy (non-hydrogen) atoms. The second-order valence-corrected chi connectivity index (χ2v) is 7.74. The lowest BCUT2D eigenvalue weighted by Gasteiger charge is -2.17. The van der Waals surface area contributed by atoms with Crippen LogP contribution in [0.4, 0.5) is 8.78 Å². The van der Waals surface area contributed by atoms with Crippen LogP contribution in [0, 0.1) is 11.6 Å². The van der Waals surface area contributed by atoms with Crippen molar-refractivity contribution in [3.05, 3.63) is 75.2 Å². The fraction of sp³-hybridized carbons (Fsp3) is 0.227. The Morgan fingerprint density at radius 3 is 2.48 bits per heavy atom. The maximum Gasteiger partial charge on any atom is 0.276 e. The minimum Gasteiger partial charge on any atom is -0.486 e. The highest BCUT2D eigenvalue weighted by Gasteiger charge is 2.25. The molecular formula is C22H18Cl2F2N2O3. The predicted octanol–water partition coefficient (Wildman–Crippen LogP) is 6.05. The number of rotatable bonds is 6. The summed E-state index contributed by atoms with van der Waals surface area (Å²) in [6.07, 6.45) is 3.22. The van der Waals surface area contributed by atoms with Crippen LogP contribution in [0.15, 0.2) is 47.8 Å². The van der Waals surface area contributed by atoms with E-state index in [-0.39, 0.29) is 50.7 Å². The first-order valence-electron chi connectivity index (χ1n) is 9.60. The van der Waals surface area contributed by atoms with E-state index in [2.05, 4.69) is 6.58 Å². The second-order valence-electron chi connectivity index (χ2n) is 6.98. The van der Waals surface area contributed by atoms with E-state index in [1.54, 1.807) is 4.68 Å². The normalized spacial score (nSPS) is 13.0. The first kappa shape index (κ1) is 21.5. The molecule has 0 aliphatic carbocycles. The maximum absolute atomic E-state index is 14.8. The molecule has 0 spiro atoms. The van der Waals surface area contributed by atoms with Crippen LogP contribution in [0.3, 0.4) is 0 Å². The summed E-state index contributed by atoms with van der Waals surface area (Å²) in [4.78, 5) is 12.9. The molecule has 0 amide bonds. The number of ether oxygens (including phenoxy) is 2. The van der Waals surface area contributed by atoms with E-state index < -0.39 is 11.6 Å². The van der Waals surface area contributed by atoms with Crippen molar-refractivity contribution in [2.24, 2.45) is 0 Å². The van der Waals surface area contributed by atoms with Gasteiger partial charge in [0.2, 0.25) is 0 Å². The molecule has 0 unspecified atom stereocenters. The van der Waals surface area contributed by atoms with Gasteiger partial charge in [0.1, 0.15) is 29.1 Å². The summed E-state index contributed by atoms with van der Waals surface area (Å²) >= 11 is 12.6. The van der Waals surface area contributed by atoms with Gasteiger partial charge in [0.05, 0.1) is 10.6 Å². The summed E-state index contributed by atoms with van der Waals surface area (Å²) in [6.45, 7) is 4.77. The summed E-state index contributed by atoms with van der Waals surface area (Å²) in [6, 6.07) is 6.08. The van der Waals surface area contributed by atoms with E-state index in [9.17, 15) is 13.6 Å². The van der Waals surface area contributed by atoms with E-state index >= 15 is 0 Å². The molecule has 4 rings (SSSR count). The number of hydrogen-bond donors (Lipinski definition) is 0. The van der Waals surface area contributed by atoms with E-state index in [0.29, 0.717) is 13.1 Å². The van der Waals surface area contributed by atoms with Crippen molar-refractivity contribution in [3.63, 3.8) is 0 Å².